The zero-order valence-electron chi connectivity index (χ0n) is 42.1. The molecule has 0 amide bonds. The molecular formula is C65H60BN3S. The first-order valence-electron chi connectivity index (χ1n) is 25.7. The number of hydrogen-bond acceptors (Lipinski definition) is 3. The number of nitrogens with zero attached hydrogens (tertiary/aromatic N) is 3. The summed E-state index contributed by atoms with van der Waals surface area (Å²) in [4.78, 5) is 5.38. The van der Waals surface area contributed by atoms with Crippen LogP contribution in [0.4, 0.5) is 34.1 Å². The minimum absolute atomic E-state index is 0.00733. The standard InChI is InChI=1S/C65H60BN3S/c1-39-32-57-60-58(33-39)69(53-24-17-22-44-43-21-14-16-25-59(43)70-61(44)53)56-38-54-45(42-20-13-15-23-52(42)67(54)40-18-11-10-12-19-40)35-50(56)66(60)51-36-48-49(65(8,9)31-30-64(48,6)7)37-55(51)68(57)41-26-27-46-47(34-41)63(4,5)29-28-62(46,2)3/h10-27,32-38H,28-31H2,1-9H3. The van der Waals surface area contributed by atoms with Crippen molar-refractivity contribution < 1.29 is 0 Å². The van der Waals surface area contributed by atoms with Crippen LogP contribution in [-0.4, -0.2) is 11.3 Å². The third kappa shape index (κ3) is 5.82. The van der Waals surface area contributed by atoms with Crippen LogP contribution in [0.25, 0.3) is 47.7 Å². The lowest BCUT2D eigenvalue weighted by atomic mass is 9.33. The number of benzene rings is 8. The first-order valence-corrected chi connectivity index (χ1v) is 26.5. The van der Waals surface area contributed by atoms with Crippen molar-refractivity contribution in [1.82, 2.24) is 4.57 Å². The van der Waals surface area contributed by atoms with E-state index < -0.39 is 0 Å². The number of anilines is 6. The molecule has 0 spiro atoms. The second-order valence-corrected chi connectivity index (χ2v) is 25.0. The highest BCUT2D eigenvalue weighted by atomic mass is 32.1. The Labute approximate surface area is 417 Å². The maximum atomic E-state index is 2.70. The molecule has 14 rings (SSSR count). The van der Waals surface area contributed by atoms with Crippen molar-refractivity contribution in [3.8, 4) is 5.69 Å². The minimum atomic E-state index is -0.00733. The SMILES string of the molecule is Cc1cc2c3c(c1)N(c1cccc4c1sc1ccccc14)c1cc4c(cc1B3c1cc3c(cc1N2c1ccc2c(c1)C(C)(C)CCC2(C)C)C(C)(C)CCC3(C)C)c1ccccc1n4-c1ccccc1. The number of aryl methyl sites for hydroxylation is 1. The van der Waals surface area contributed by atoms with Gasteiger partial charge in [0.05, 0.1) is 21.4 Å². The van der Waals surface area contributed by atoms with Gasteiger partial charge >= 0.3 is 0 Å². The van der Waals surface area contributed by atoms with Crippen LogP contribution in [0.5, 0.6) is 0 Å². The molecule has 0 saturated carbocycles. The molecule has 5 heteroatoms. The molecule has 4 heterocycles. The minimum Gasteiger partial charge on any atom is -0.311 e. The second kappa shape index (κ2) is 14.3. The number of aromatic nitrogens is 1. The fraction of sp³-hybridized carbons (Fsp3) is 0.262. The van der Waals surface area contributed by atoms with Crippen molar-refractivity contribution in [3.05, 3.63) is 179 Å². The van der Waals surface area contributed by atoms with Crippen LogP contribution in [0.1, 0.15) is 109 Å². The average Bonchev–Trinajstić information content (AvgIpc) is 3.89. The van der Waals surface area contributed by atoms with E-state index in [-0.39, 0.29) is 28.4 Å². The van der Waals surface area contributed by atoms with E-state index in [2.05, 4.69) is 228 Å². The van der Waals surface area contributed by atoms with Crippen LogP contribution in [0, 0.1) is 6.92 Å². The number of thiophene rings is 1. The molecule has 10 aromatic rings. The summed E-state index contributed by atoms with van der Waals surface area (Å²) in [5, 5.41) is 5.20. The predicted molar refractivity (Wildman–Crippen MR) is 303 cm³/mol. The zero-order chi connectivity index (χ0) is 47.8. The number of fused-ring (bicyclic) bond motifs is 12. The van der Waals surface area contributed by atoms with Gasteiger partial charge in [-0.2, -0.15) is 0 Å². The second-order valence-electron chi connectivity index (χ2n) is 23.9. The molecule has 3 nitrogen and oxygen atoms in total. The van der Waals surface area contributed by atoms with E-state index in [0.29, 0.717) is 0 Å². The van der Waals surface area contributed by atoms with Gasteiger partial charge in [0, 0.05) is 60.4 Å². The summed E-state index contributed by atoms with van der Waals surface area (Å²) in [6.45, 7) is 22.1. The summed E-state index contributed by atoms with van der Waals surface area (Å²) in [6.07, 6.45) is 4.71. The Kier molecular flexibility index (Phi) is 8.64. The summed E-state index contributed by atoms with van der Waals surface area (Å²) in [5.41, 5.74) is 22.9. The van der Waals surface area contributed by atoms with Gasteiger partial charge in [-0.05, 0) is 165 Å². The van der Waals surface area contributed by atoms with Gasteiger partial charge in [-0.1, -0.05) is 140 Å². The van der Waals surface area contributed by atoms with Gasteiger partial charge in [0.25, 0.3) is 6.71 Å². The third-order valence-corrected chi connectivity index (χ3v) is 18.9. The molecule has 8 aromatic carbocycles. The van der Waals surface area contributed by atoms with Crippen LogP contribution < -0.4 is 26.2 Å². The van der Waals surface area contributed by atoms with Gasteiger partial charge < -0.3 is 14.4 Å². The molecule has 0 radical (unpaired) electrons. The van der Waals surface area contributed by atoms with Crippen molar-refractivity contribution in [3.63, 3.8) is 0 Å². The van der Waals surface area contributed by atoms with Crippen LogP contribution in [0.3, 0.4) is 0 Å². The van der Waals surface area contributed by atoms with E-state index in [9.17, 15) is 0 Å². The molecule has 2 aliphatic heterocycles. The highest BCUT2D eigenvalue weighted by molar-refractivity contribution is 7.26. The monoisotopic (exact) mass is 925 g/mol. The zero-order valence-corrected chi connectivity index (χ0v) is 42.9. The molecule has 0 fully saturated rings. The van der Waals surface area contributed by atoms with Gasteiger partial charge in [0.1, 0.15) is 0 Å². The summed E-state index contributed by atoms with van der Waals surface area (Å²) in [7, 11) is 0. The fourth-order valence-electron chi connectivity index (χ4n) is 13.7. The van der Waals surface area contributed by atoms with Crippen molar-refractivity contribution in [2.45, 2.75) is 110 Å². The van der Waals surface area contributed by atoms with Crippen LogP contribution in [0.2, 0.25) is 0 Å². The maximum absolute atomic E-state index is 2.70. The Morgan fingerprint density at radius 3 is 1.74 bits per heavy atom. The molecule has 0 bridgehead atoms. The average molecular weight is 926 g/mol. The van der Waals surface area contributed by atoms with Crippen molar-refractivity contribution in [2.75, 3.05) is 9.80 Å². The summed E-state index contributed by atoms with van der Waals surface area (Å²) in [5.74, 6) is 0. The van der Waals surface area contributed by atoms with Crippen LogP contribution in [-0.2, 0) is 21.7 Å². The van der Waals surface area contributed by atoms with Gasteiger partial charge in [-0.15, -0.1) is 11.3 Å². The maximum Gasteiger partial charge on any atom is 0.252 e. The topological polar surface area (TPSA) is 11.4 Å². The third-order valence-electron chi connectivity index (χ3n) is 17.7. The van der Waals surface area contributed by atoms with Crippen LogP contribution >= 0.6 is 11.3 Å². The lowest BCUT2D eigenvalue weighted by Crippen LogP contribution is -2.62. The molecule has 4 aliphatic rings. The van der Waals surface area contributed by atoms with Gasteiger partial charge in [0.2, 0.25) is 0 Å². The van der Waals surface area contributed by atoms with E-state index in [1.54, 1.807) is 0 Å². The van der Waals surface area contributed by atoms with E-state index in [4.69, 9.17) is 0 Å². The lowest BCUT2D eigenvalue weighted by Gasteiger charge is -2.48. The normalized spacial score (nSPS) is 17.9. The lowest BCUT2D eigenvalue weighted by molar-refractivity contribution is 0.332. The molecule has 0 unspecified atom stereocenters. The molecule has 2 aliphatic carbocycles. The molecule has 0 N–H and O–H groups in total. The molecule has 344 valence electrons. The Hall–Kier alpha value is -6.56. The fourth-order valence-corrected chi connectivity index (χ4v) is 14.9. The summed E-state index contributed by atoms with van der Waals surface area (Å²) in [6, 6.07) is 59.1. The van der Waals surface area contributed by atoms with Crippen molar-refractivity contribution in [1.29, 1.82) is 0 Å². The molecule has 70 heavy (non-hydrogen) atoms. The molecular weight excluding hydrogens is 866 g/mol. The summed E-state index contributed by atoms with van der Waals surface area (Å²) >= 11 is 1.92. The first-order chi connectivity index (χ1) is 33.6. The smallest absolute Gasteiger partial charge is 0.252 e. The van der Waals surface area contributed by atoms with Gasteiger partial charge in [-0.3, -0.25) is 0 Å². The number of rotatable bonds is 3. The quantitative estimate of drug-likeness (QED) is 0.164. The predicted octanol–water partition coefficient (Wildman–Crippen LogP) is 16.2. The molecule has 0 atom stereocenters. The highest BCUT2D eigenvalue weighted by Crippen LogP contribution is 2.54. The first kappa shape index (κ1) is 42.3. The molecule has 0 saturated heterocycles. The number of hydrogen-bond donors (Lipinski definition) is 0. The summed E-state index contributed by atoms with van der Waals surface area (Å²) < 4.78 is 5.13. The molecule has 2 aromatic heterocycles. The Balaban J connectivity index is 1.14. The highest BCUT2D eigenvalue weighted by Gasteiger charge is 2.48. The Morgan fingerprint density at radius 2 is 1.00 bits per heavy atom. The van der Waals surface area contributed by atoms with E-state index in [1.807, 2.05) is 11.3 Å². The van der Waals surface area contributed by atoms with Crippen LogP contribution in [0.15, 0.2) is 152 Å². The van der Waals surface area contributed by atoms with E-state index >= 15 is 0 Å². The van der Waals surface area contributed by atoms with E-state index in [0.717, 1.165) is 0 Å². The Morgan fingerprint density at radius 1 is 0.414 bits per heavy atom. The largest absolute Gasteiger partial charge is 0.311 e. The van der Waals surface area contributed by atoms with Crippen molar-refractivity contribution >= 4 is 111 Å². The Bertz CT molecular complexity index is 3880. The van der Waals surface area contributed by atoms with Crippen molar-refractivity contribution in [2.24, 2.45) is 0 Å². The number of para-hydroxylation sites is 2. The van der Waals surface area contributed by atoms with E-state index in [1.165, 1.54) is 152 Å². The van der Waals surface area contributed by atoms with Gasteiger partial charge in [0.15, 0.2) is 0 Å². The van der Waals surface area contributed by atoms with Gasteiger partial charge in [-0.25, -0.2) is 0 Å².